The fourth-order valence-electron chi connectivity index (χ4n) is 2.32. The molecule has 1 fully saturated rings. The molecule has 3 heteroatoms. The van der Waals surface area contributed by atoms with Crippen molar-refractivity contribution < 1.29 is 4.39 Å². The minimum absolute atomic E-state index is 0.0568. The molecule has 18 heavy (non-hydrogen) atoms. The van der Waals surface area contributed by atoms with Crippen molar-refractivity contribution in [2.75, 3.05) is 13.1 Å². The molecule has 0 aliphatic heterocycles. The summed E-state index contributed by atoms with van der Waals surface area (Å²) in [6.07, 6.45) is 2.71. The van der Waals surface area contributed by atoms with Gasteiger partial charge in [0.1, 0.15) is 5.82 Å². The molecule has 1 aliphatic rings. The number of nitrogens with two attached hydrogens (primary N) is 1. The second kappa shape index (κ2) is 5.81. The number of aryl methyl sites for hydroxylation is 1. The molecule has 1 saturated carbocycles. The smallest absolute Gasteiger partial charge is 0.126 e. The SMILES string of the molecule is Cc1ccc(C(CN)NCC(C)C2CC2)cc1F. The second-order valence-corrected chi connectivity index (χ2v) is 5.52. The van der Waals surface area contributed by atoms with E-state index in [4.69, 9.17) is 5.73 Å². The van der Waals surface area contributed by atoms with Crippen LogP contribution in [-0.4, -0.2) is 13.1 Å². The maximum absolute atomic E-state index is 13.5. The van der Waals surface area contributed by atoms with Gasteiger partial charge in [-0.15, -0.1) is 0 Å². The van der Waals surface area contributed by atoms with Crippen molar-refractivity contribution in [3.8, 4) is 0 Å². The Kier molecular flexibility index (Phi) is 4.36. The van der Waals surface area contributed by atoms with E-state index in [0.29, 0.717) is 18.0 Å². The average Bonchev–Trinajstić information content (AvgIpc) is 3.18. The lowest BCUT2D eigenvalue weighted by Gasteiger charge is -2.20. The Morgan fingerprint density at radius 1 is 1.44 bits per heavy atom. The Hall–Kier alpha value is -0.930. The van der Waals surface area contributed by atoms with Gasteiger partial charge in [-0.2, -0.15) is 0 Å². The maximum atomic E-state index is 13.5. The third-order valence-corrected chi connectivity index (χ3v) is 3.95. The van der Waals surface area contributed by atoms with Crippen LogP contribution in [0.25, 0.3) is 0 Å². The van der Waals surface area contributed by atoms with Crippen LogP contribution >= 0.6 is 0 Å². The van der Waals surface area contributed by atoms with Crippen LogP contribution in [0.4, 0.5) is 4.39 Å². The zero-order valence-corrected chi connectivity index (χ0v) is 11.2. The lowest BCUT2D eigenvalue weighted by Crippen LogP contribution is -2.32. The standard InChI is InChI=1S/C15H23FN2/c1-10-3-4-13(7-14(10)16)15(8-17)18-9-11(2)12-5-6-12/h3-4,7,11-12,15,18H,5-6,8-9,17H2,1-2H3. The highest BCUT2D eigenvalue weighted by molar-refractivity contribution is 5.26. The Balaban J connectivity index is 1.96. The van der Waals surface area contributed by atoms with Crippen molar-refractivity contribution in [3.63, 3.8) is 0 Å². The van der Waals surface area contributed by atoms with Crippen LogP contribution in [0.1, 0.15) is 36.9 Å². The molecule has 0 spiro atoms. The van der Waals surface area contributed by atoms with Crippen molar-refractivity contribution in [1.29, 1.82) is 0 Å². The molecule has 0 amide bonds. The summed E-state index contributed by atoms with van der Waals surface area (Å²) in [5.74, 6) is 1.42. The van der Waals surface area contributed by atoms with Crippen molar-refractivity contribution >= 4 is 0 Å². The van der Waals surface area contributed by atoms with Crippen LogP contribution in [0.2, 0.25) is 0 Å². The van der Waals surface area contributed by atoms with Gasteiger partial charge in [-0.25, -0.2) is 4.39 Å². The molecule has 0 heterocycles. The van der Waals surface area contributed by atoms with Gasteiger partial charge in [-0.3, -0.25) is 0 Å². The summed E-state index contributed by atoms with van der Waals surface area (Å²) in [6, 6.07) is 5.44. The Bertz CT molecular complexity index is 401. The molecule has 1 aliphatic carbocycles. The molecular weight excluding hydrogens is 227 g/mol. The zero-order valence-electron chi connectivity index (χ0n) is 11.2. The van der Waals surface area contributed by atoms with Gasteiger partial charge in [-0.05, 0) is 55.3 Å². The molecule has 2 atom stereocenters. The van der Waals surface area contributed by atoms with E-state index in [0.717, 1.165) is 18.0 Å². The topological polar surface area (TPSA) is 38.0 Å². The molecule has 1 aromatic rings. The first-order valence-corrected chi connectivity index (χ1v) is 6.81. The molecule has 0 bridgehead atoms. The number of rotatable bonds is 6. The highest BCUT2D eigenvalue weighted by atomic mass is 19.1. The molecule has 3 N–H and O–H groups in total. The predicted octanol–water partition coefficient (Wildman–Crippen LogP) is 2.77. The number of halogens is 1. The van der Waals surface area contributed by atoms with Gasteiger partial charge in [0.05, 0.1) is 0 Å². The van der Waals surface area contributed by atoms with E-state index >= 15 is 0 Å². The zero-order chi connectivity index (χ0) is 13.1. The number of hydrogen-bond donors (Lipinski definition) is 2. The van der Waals surface area contributed by atoms with Gasteiger partial charge in [0, 0.05) is 12.6 Å². The summed E-state index contributed by atoms with van der Waals surface area (Å²) < 4.78 is 13.5. The van der Waals surface area contributed by atoms with Crippen LogP contribution in [0.3, 0.4) is 0 Å². The van der Waals surface area contributed by atoms with Gasteiger partial charge in [0.2, 0.25) is 0 Å². The molecule has 0 aromatic heterocycles. The lowest BCUT2D eigenvalue weighted by atomic mass is 10.0. The van der Waals surface area contributed by atoms with E-state index in [9.17, 15) is 4.39 Å². The summed E-state index contributed by atoms with van der Waals surface area (Å²) in [7, 11) is 0. The van der Waals surface area contributed by atoms with Gasteiger partial charge in [-0.1, -0.05) is 19.1 Å². The summed E-state index contributed by atoms with van der Waals surface area (Å²) in [5, 5.41) is 3.46. The Morgan fingerprint density at radius 3 is 2.72 bits per heavy atom. The monoisotopic (exact) mass is 250 g/mol. The highest BCUT2D eigenvalue weighted by Gasteiger charge is 2.28. The van der Waals surface area contributed by atoms with Crippen molar-refractivity contribution in [1.82, 2.24) is 5.32 Å². The summed E-state index contributed by atoms with van der Waals surface area (Å²) >= 11 is 0. The Labute approximate surface area is 109 Å². The van der Waals surface area contributed by atoms with E-state index in [1.54, 1.807) is 13.0 Å². The van der Waals surface area contributed by atoms with E-state index in [-0.39, 0.29) is 11.9 Å². The first-order valence-electron chi connectivity index (χ1n) is 6.81. The summed E-state index contributed by atoms with van der Waals surface area (Å²) in [4.78, 5) is 0. The molecule has 0 saturated heterocycles. The lowest BCUT2D eigenvalue weighted by molar-refractivity contribution is 0.422. The molecule has 100 valence electrons. The molecular formula is C15H23FN2. The predicted molar refractivity (Wildman–Crippen MR) is 72.8 cm³/mol. The van der Waals surface area contributed by atoms with Crippen LogP contribution in [0, 0.1) is 24.6 Å². The molecule has 2 rings (SSSR count). The second-order valence-electron chi connectivity index (χ2n) is 5.52. The molecule has 0 radical (unpaired) electrons. The van der Waals surface area contributed by atoms with Crippen LogP contribution < -0.4 is 11.1 Å². The summed E-state index contributed by atoms with van der Waals surface area (Å²) in [5.41, 5.74) is 7.42. The quantitative estimate of drug-likeness (QED) is 0.814. The van der Waals surface area contributed by atoms with Crippen molar-refractivity contribution in [2.24, 2.45) is 17.6 Å². The number of hydrogen-bond acceptors (Lipinski definition) is 2. The average molecular weight is 250 g/mol. The van der Waals surface area contributed by atoms with Gasteiger partial charge >= 0.3 is 0 Å². The third-order valence-electron chi connectivity index (χ3n) is 3.95. The van der Waals surface area contributed by atoms with E-state index in [1.807, 2.05) is 12.1 Å². The first-order chi connectivity index (χ1) is 8.61. The van der Waals surface area contributed by atoms with E-state index in [1.165, 1.54) is 12.8 Å². The maximum Gasteiger partial charge on any atom is 0.126 e. The fraction of sp³-hybridized carbons (Fsp3) is 0.600. The van der Waals surface area contributed by atoms with Gasteiger partial charge in [0.15, 0.2) is 0 Å². The van der Waals surface area contributed by atoms with Crippen molar-refractivity contribution in [3.05, 3.63) is 35.1 Å². The van der Waals surface area contributed by atoms with E-state index < -0.39 is 0 Å². The normalized spacial score (nSPS) is 18.7. The van der Waals surface area contributed by atoms with E-state index in [2.05, 4.69) is 12.2 Å². The van der Waals surface area contributed by atoms with Crippen LogP contribution in [-0.2, 0) is 0 Å². The van der Waals surface area contributed by atoms with Crippen molar-refractivity contribution in [2.45, 2.75) is 32.7 Å². The minimum atomic E-state index is -0.150. The Morgan fingerprint density at radius 2 is 2.17 bits per heavy atom. The number of nitrogens with one attached hydrogen (secondary N) is 1. The largest absolute Gasteiger partial charge is 0.329 e. The van der Waals surface area contributed by atoms with Gasteiger partial charge < -0.3 is 11.1 Å². The van der Waals surface area contributed by atoms with Crippen LogP contribution in [0.5, 0.6) is 0 Å². The minimum Gasteiger partial charge on any atom is -0.329 e. The third kappa shape index (κ3) is 3.30. The van der Waals surface area contributed by atoms with Crippen LogP contribution in [0.15, 0.2) is 18.2 Å². The first kappa shape index (κ1) is 13.5. The van der Waals surface area contributed by atoms with Gasteiger partial charge in [0.25, 0.3) is 0 Å². The molecule has 2 nitrogen and oxygen atoms in total. The highest BCUT2D eigenvalue weighted by Crippen LogP contribution is 2.36. The summed E-state index contributed by atoms with van der Waals surface area (Å²) in [6.45, 7) is 5.51. The fourth-order valence-corrected chi connectivity index (χ4v) is 2.32. The number of benzene rings is 1. The molecule has 1 aromatic carbocycles. The molecule has 2 unspecified atom stereocenters.